The molecule has 80 valence electrons. The second-order valence-corrected chi connectivity index (χ2v) is 5.67. The Morgan fingerprint density at radius 2 is 1.62 bits per heavy atom. The number of hydrogen-bond donors (Lipinski definition) is 0. The van der Waals surface area contributed by atoms with Crippen LogP contribution in [0.4, 0.5) is 0 Å². The van der Waals surface area contributed by atoms with E-state index in [1.54, 1.807) is 0 Å². The molecule has 16 heavy (non-hydrogen) atoms. The Morgan fingerprint density at radius 3 is 2.38 bits per heavy atom. The third-order valence-electron chi connectivity index (χ3n) is 3.18. The van der Waals surface area contributed by atoms with Crippen molar-refractivity contribution in [2.45, 2.75) is 13.5 Å². The first-order chi connectivity index (χ1) is 7.81. The van der Waals surface area contributed by atoms with E-state index in [1.165, 1.54) is 21.5 Å². The molecule has 0 aliphatic heterocycles. The second-order valence-electron chi connectivity index (χ2n) is 4.20. The SMILES string of the molecule is C[SiH2]c1cccc2c1oc1c(C)cccc12. The molecule has 1 heterocycles. The molecule has 0 aliphatic rings. The van der Waals surface area contributed by atoms with Gasteiger partial charge >= 0.3 is 0 Å². The van der Waals surface area contributed by atoms with Gasteiger partial charge in [-0.25, -0.2) is 0 Å². The van der Waals surface area contributed by atoms with Gasteiger partial charge in [0.1, 0.15) is 11.2 Å². The standard InChI is InChI=1S/C14H14OSi/c1-9-5-3-6-10-11-7-4-8-12(16-2)14(11)15-13(9)10/h3-8H,16H2,1-2H3. The zero-order chi connectivity index (χ0) is 11.1. The molecule has 2 aromatic carbocycles. The van der Waals surface area contributed by atoms with Crippen LogP contribution in [-0.2, 0) is 0 Å². The first kappa shape index (κ1) is 9.67. The van der Waals surface area contributed by atoms with Crippen molar-refractivity contribution in [3.63, 3.8) is 0 Å². The quantitative estimate of drug-likeness (QED) is 0.582. The van der Waals surface area contributed by atoms with Crippen LogP contribution in [0.5, 0.6) is 0 Å². The van der Waals surface area contributed by atoms with Crippen molar-refractivity contribution in [3.8, 4) is 0 Å². The molecule has 3 rings (SSSR count). The Labute approximate surface area is 96.9 Å². The Morgan fingerprint density at radius 1 is 0.938 bits per heavy atom. The van der Waals surface area contributed by atoms with Crippen LogP contribution in [-0.4, -0.2) is 9.52 Å². The Bertz CT molecular complexity index is 667. The molecular formula is C14H14OSi. The van der Waals surface area contributed by atoms with Gasteiger partial charge in [-0.1, -0.05) is 42.9 Å². The Hall–Kier alpha value is -1.54. The normalized spacial score (nSPS) is 12.1. The number of furan rings is 1. The first-order valence-electron chi connectivity index (χ1n) is 5.71. The van der Waals surface area contributed by atoms with Crippen molar-refractivity contribution < 1.29 is 4.42 Å². The molecule has 3 aromatic rings. The van der Waals surface area contributed by atoms with Crippen LogP contribution in [0.1, 0.15) is 5.56 Å². The lowest BCUT2D eigenvalue weighted by molar-refractivity contribution is 0.668. The minimum absolute atomic E-state index is 0.182. The monoisotopic (exact) mass is 226 g/mol. The zero-order valence-electron chi connectivity index (χ0n) is 9.58. The van der Waals surface area contributed by atoms with E-state index in [-0.39, 0.29) is 9.52 Å². The molecule has 0 bridgehead atoms. The van der Waals surface area contributed by atoms with Gasteiger partial charge in [0, 0.05) is 10.8 Å². The van der Waals surface area contributed by atoms with Gasteiger partial charge in [0.2, 0.25) is 0 Å². The molecule has 2 heteroatoms. The summed E-state index contributed by atoms with van der Waals surface area (Å²) in [5, 5.41) is 3.94. The fourth-order valence-electron chi connectivity index (χ4n) is 2.30. The number of fused-ring (bicyclic) bond motifs is 3. The van der Waals surface area contributed by atoms with Crippen molar-refractivity contribution in [1.29, 1.82) is 0 Å². The van der Waals surface area contributed by atoms with E-state index in [0.29, 0.717) is 0 Å². The third-order valence-corrected chi connectivity index (χ3v) is 4.50. The van der Waals surface area contributed by atoms with Gasteiger partial charge in [-0.05, 0) is 17.7 Å². The highest BCUT2D eigenvalue weighted by Crippen LogP contribution is 2.29. The van der Waals surface area contributed by atoms with Crippen molar-refractivity contribution in [1.82, 2.24) is 0 Å². The lowest BCUT2D eigenvalue weighted by atomic mass is 10.1. The van der Waals surface area contributed by atoms with E-state index >= 15 is 0 Å². The molecule has 0 atom stereocenters. The molecule has 0 fully saturated rings. The summed E-state index contributed by atoms with van der Waals surface area (Å²) in [5.41, 5.74) is 3.38. The molecule has 0 spiro atoms. The maximum Gasteiger partial charge on any atom is 0.138 e. The van der Waals surface area contributed by atoms with Crippen molar-refractivity contribution in [3.05, 3.63) is 42.0 Å². The summed E-state index contributed by atoms with van der Waals surface area (Å²) in [6, 6.07) is 12.9. The molecule has 1 aromatic heterocycles. The van der Waals surface area contributed by atoms with Crippen LogP contribution in [0.25, 0.3) is 21.9 Å². The topological polar surface area (TPSA) is 13.1 Å². The molecular weight excluding hydrogens is 212 g/mol. The predicted octanol–water partition coefficient (Wildman–Crippen LogP) is 2.74. The summed E-state index contributed by atoms with van der Waals surface area (Å²) in [6.45, 7) is 4.41. The van der Waals surface area contributed by atoms with Gasteiger partial charge in [0.25, 0.3) is 0 Å². The summed E-state index contributed by atoms with van der Waals surface area (Å²) in [7, 11) is -0.182. The average molecular weight is 226 g/mol. The maximum absolute atomic E-state index is 6.04. The molecule has 1 nitrogen and oxygen atoms in total. The maximum atomic E-state index is 6.04. The largest absolute Gasteiger partial charge is 0.456 e. The number of benzene rings is 2. The molecule has 0 radical (unpaired) electrons. The van der Waals surface area contributed by atoms with Crippen LogP contribution >= 0.6 is 0 Å². The van der Waals surface area contributed by atoms with Crippen LogP contribution < -0.4 is 5.19 Å². The first-order valence-corrected chi connectivity index (χ1v) is 7.83. The molecule has 0 saturated carbocycles. The molecule has 0 N–H and O–H groups in total. The molecule has 0 saturated heterocycles. The Balaban J connectivity index is 2.55. The highest BCUT2D eigenvalue weighted by molar-refractivity contribution is 6.55. The third kappa shape index (κ3) is 1.23. The fourth-order valence-corrected chi connectivity index (χ4v) is 3.25. The smallest absolute Gasteiger partial charge is 0.138 e. The molecule has 0 unspecified atom stereocenters. The summed E-state index contributed by atoms with van der Waals surface area (Å²) in [5.74, 6) is 0. The van der Waals surface area contributed by atoms with E-state index < -0.39 is 0 Å². The van der Waals surface area contributed by atoms with E-state index in [9.17, 15) is 0 Å². The van der Waals surface area contributed by atoms with Gasteiger partial charge in [-0.2, -0.15) is 0 Å². The van der Waals surface area contributed by atoms with E-state index in [1.807, 2.05) is 0 Å². The van der Waals surface area contributed by atoms with Gasteiger partial charge < -0.3 is 4.42 Å². The zero-order valence-corrected chi connectivity index (χ0v) is 11.0. The van der Waals surface area contributed by atoms with Crippen molar-refractivity contribution in [2.24, 2.45) is 0 Å². The number of para-hydroxylation sites is 2. The highest BCUT2D eigenvalue weighted by atomic mass is 28.2. The van der Waals surface area contributed by atoms with E-state index in [2.05, 4.69) is 49.9 Å². The van der Waals surface area contributed by atoms with Gasteiger partial charge in [0.15, 0.2) is 0 Å². The fraction of sp³-hybridized carbons (Fsp3) is 0.143. The van der Waals surface area contributed by atoms with Crippen molar-refractivity contribution in [2.75, 3.05) is 0 Å². The van der Waals surface area contributed by atoms with Gasteiger partial charge in [-0.3, -0.25) is 0 Å². The van der Waals surface area contributed by atoms with Crippen LogP contribution in [0, 0.1) is 6.92 Å². The minimum Gasteiger partial charge on any atom is -0.456 e. The summed E-state index contributed by atoms with van der Waals surface area (Å²) >= 11 is 0. The highest BCUT2D eigenvalue weighted by Gasteiger charge is 2.10. The molecule has 0 amide bonds. The number of aryl methyl sites for hydroxylation is 1. The lowest BCUT2D eigenvalue weighted by Gasteiger charge is -1.95. The summed E-state index contributed by atoms with van der Waals surface area (Å²) in [6.07, 6.45) is 0. The predicted molar refractivity (Wildman–Crippen MR) is 72.5 cm³/mol. The Kier molecular flexibility index (Phi) is 2.11. The number of hydrogen-bond acceptors (Lipinski definition) is 1. The summed E-state index contributed by atoms with van der Waals surface area (Å²) in [4.78, 5) is 0. The average Bonchev–Trinajstić information content (AvgIpc) is 2.69. The second kappa shape index (κ2) is 3.49. The van der Waals surface area contributed by atoms with Gasteiger partial charge in [-0.15, -0.1) is 0 Å². The summed E-state index contributed by atoms with van der Waals surface area (Å²) < 4.78 is 6.04. The van der Waals surface area contributed by atoms with Gasteiger partial charge in [0.05, 0.1) is 9.52 Å². The molecule has 0 aliphatic carbocycles. The lowest BCUT2D eigenvalue weighted by Crippen LogP contribution is -2.09. The van der Waals surface area contributed by atoms with Crippen LogP contribution in [0.2, 0.25) is 6.55 Å². The van der Waals surface area contributed by atoms with E-state index in [0.717, 1.165) is 11.2 Å². The van der Waals surface area contributed by atoms with Crippen LogP contribution in [0.15, 0.2) is 40.8 Å². The minimum atomic E-state index is -0.182. The van der Waals surface area contributed by atoms with Crippen LogP contribution in [0.3, 0.4) is 0 Å². The van der Waals surface area contributed by atoms with Crippen molar-refractivity contribution >= 4 is 36.6 Å². The number of rotatable bonds is 1. The van der Waals surface area contributed by atoms with E-state index in [4.69, 9.17) is 4.42 Å².